The summed E-state index contributed by atoms with van der Waals surface area (Å²) in [6.07, 6.45) is -1.29. The van der Waals surface area contributed by atoms with Crippen LogP contribution in [0.1, 0.15) is 52.7 Å². The van der Waals surface area contributed by atoms with Gasteiger partial charge in [0.05, 0.1) is 17.2 Å². The van der Waals surface area contributed by atoms with E-state index >= 15 is 0 Å². The van der Waals surface area contributed by atoms with Crippen molar-refractivity contribution in [1.82, 2.24) is 4.90 Å². The molecule has 2 atom stereocenters. The Morgan fingerprint density at radius 3 is 2.31 bits per heavy atom. The Labute approximate surface area is 167 Å². The molecule has 6 heteroatoms. The van der Waals surface area contributed by atoms with Gasteiger partial charge in [-0.15, -0.1) is 0 Å². The highest BCUT2D eigenvalue weighted by molar-refractivity contribution is 6.00. The molecule has 3 nitrogen and oxygen atoms in total. The molecule has 2 aromatic carbocycles. The van der Waals surface area contributed by atoms with Crippen LogP contribution in [0.3, 0.4) is 0 Å². The molecule has 2 fully saturated rings. The summed E-state index contributed by atoms with van der Waals surface area (Å²) in [4.78, 5) is 15.5. The summed E-state index contributed by atoms with van der Waals surface area (Å²) in [5, 5.41) is 9.29. The zero-order valence-electron chi connectivity index (χ0n) is 15.8. The highest BCUT2D eigenvalue weighted by Gasteiger charge is 2.43. The quantitative estimate of drug-likeness (QED) is 0.665. The molecular formula is C23H21F3N2O. The van der Waals surface area contributed by atoms with Crippen LogP contribution in [0, 0.1) is 17.2 Å². The second-order valence-corrected chi connectivity index (χ2v) is 7.95. The normalized spacial score (nSPS) is 24.3. The number of carbonyl (C=O) groups excluding carboxylic acids is 1. The first-order chi connectivity index (χ1) is 13.9. The molecular weight excluding hydrogens is 377 g/mol. The molecule has 29 heavy (non-hydrogen) atoms. The number of halogens is 3. The maximum Gasteiger partial charge on any atom is 0.416 e. The van der Waals surface area contributed by atoms with Gasteiger partial charge in [-0.2, -0.15) is 18.4 Å². The Morgan fingerprint density at radius 2 is 1.72 bits per heavy atom. The van der Waals surface area contributed by atoms with E-state index in [1.165, 1.54) is 5.56 Å². The first kappa shape index (κ1) is 19.7. The molecule has 150 valence electrons. The lowest BCUT2D eigenvalue weighted by Gasteiger charge is -2.38. The van der Waals surface area contributed by atoms with Gasteiger partial charge in [0.2, 0.25) is 0 Å². The van der Waals surface area contributed by atoms with E-state index in [0.29, 0.717) is 12.8 Å². The van der Waals surface area contributed by atoms with E-state index in [2.05, 4.69) is 17.0 Å². The number of carbonyl (C=O) groups is 1. The smallest absolute Gasteiger partial charge is 0.294 e. The van der Waals surface area contributed by atoms with Crippen molar-refractivity contribution >= 4 is 5.78 Å². The van der Waals surface area contributed by atoms with Crippen LogP contribution in [0.25, 0.3) is 0 Å². The highest BCUT2D eigenvalue weighted by atomic mass is 19.4. The van der Waals surface area contributed by atoms with Gasteiger partial charge in [0.15, 0.2) is 5.78 Å². The first-order valence-electron chi connectivity index (χ1n) is 9.82. The molecule has 0 amide bonds. The van der Waals surface area contributed by atoms with E-state index < -0.39 is 11.7 Å². The minimum Gasteiger partial charge on any atom is -0.294 e. The number of nitrogens with zero attached hydrogens (tertiary/aromatic N) is 2. The number of piperidine rings is 1. The summed E-state index contributed by atoms with van der Waals surface area (Å²) in [7, 11) is 0. The van der Waals surface area contributed by atoms with Gasteiger partial charge < -0.3 is 0 Å². The standard InChI is InChI=1S/C23H21F3N2O/c24-23(25,26)18-7-6-16(13-27)21(12-18)22(29)17-10-19-8-9-20(11-17)28(19)14-15-4-2-1-3-5-15/h1-7,12,17,19-20H,8-11,14H2. The van der Waals surface area contributed by atoms with Gasteiger partial charge in [-0.05, 0) is 49.4 Å². The number of benzene rings is 2. The number of Topliss-reactive ketones (excluding diaryl/α,β-unsaturated/α-hetero) is 1. The Bertz CT molecular complexity index is 935. The van der Waals surface area contributed by atoms with E-state index in [9.17, 15) is 23.2 Å². The SMILES string of the molecule is N#Cc1ccc(C(F)(F)F)cc1C(=O)C1CC2CCC(C1)N2Cc1ccccc1. The van der Waals surface area contributed by atoms with Gasteiger partial charge >= 0.3 is 6.18 Å². The fraction of sp³-hybridized carbons (Fsp3) is 0.391. The Kier molecular flexibility index (Phi) is 5.18. The van der Waals surface area contributed by atoms with Gasteiger partial charge in [0, 0.05) is 30.1 Å². The third kappa shape index (κ3) is 3.92. The predicted octanol–water partition coefficient (Wildman–Crippen LogP) is 5.20. The molecule has 0 radical (unpaired) electrons. The van der Waals surface area contributed by atoms with E-state index in [0.717, 1.165) is 37.6 Å². The minimum atomic E-state index is -4.54. The highest BCUT2D eigenvalue weighted by Crippen LogP contribution is 2.41. The van der Waals surface area contributed by atoms with Crippen LogP contribution in [0.2, 0.25) is 0 Å². The fourth-order valence-electron chi connectivity index (χ4n) is 4.78. The summed E-state index contributed by atoms with van der Waals surface area (Å²) in [6.45, 7) is 0.824. The van der Waals surface area contributed by atoms with Crippen molar-refractivity contribution in [3.8, 4) is 6.07 Å². The topological polar surface area (TPSA) is 44.1 Å². The predicted molar refractivity (Wildman–Crippen MR) is 102 cm³/mol. The molecule has 4 rings (SSSR count). The lowest BCUT2D eigenvalue weighted by Crippen LogP contribution is -2.44. The zero-order valence-corrected chi connectivity index (χ0v) is 15.8. The van der Waals surface area contributed by atoms with Crippen molar-refractivity contribution in [2.24, 2.45) is 5.92 Å². The summed E-state index contributed by atoms with van der Waals surface area (Å²) < 4.78 is 39.3. The van der Waals surface area contributed by atoms with Crippen LogP contribution >= 0.6 is 0 Å². The van der Waals surface area contributed by atoms with Gasteiger partial charge in [-0.3, -0.25) is 9.69 Å². The van der Waals surface area contributed by atoms with Crippen molar-refractivity contribution in [2.45, 2.75) is 50.5 Å². The largest absolute Gasteiger partial charge is 0.416 e. The molecule has 0 N–H and O–H groups in total. The van der Waals surface area contributed by atoms with Crippen molar-refractivity contribution < 1.29 is 18.0 Å². The van der Waals surface area contributed by atoms with E-state index in [1.807, 2.05) is 24.3 Å². The van der Waals surface area contributed by atoms with Gasteiger partial charge in [-0.25, -0.2) is 0 Å². The second-order valence-electron chi connectivity index (χ2n) is 7.95. The molecule has 0 spiro atoms. The summed E-state index contributed by atoms with van der Waals surface area (Å²) in [6, 6.07) is 15.3. The average molecular weight is 398 g/mol. The van der Waals surface area contributed by atoms with Gasteiger partial charge in [0.25, 0.3) is 0 Å². The molecule has 2 aromatic rings. The third-order valence-electron chi connectivity index (χ3n) is 6.20. The van der Waals surface area contributed by atoms with Crippen molar-refractivity contribution in [1.29, 1.82) is 5.26 Å². The molecule has 0 saturated carbocycles. The number of fused-ring (bicyclic) bond motifs is 2. The molecule has 2 bridgehead atoms. The van der Waals surface area contributed by atoms with Crippen molar-refractivity contribution in [3.63, 3.8) is 0 Å². The molecule has 2 heterocycles. The Hall–Kier alpha value is -2.65. The number of ketones is 1. The number of hydrogen-bond acceptors (Lipinski definition) is 3. The first-order valence-corrected chi connectivity index (χ1v) is 9.82. The van der Waals surface area contributed by atoms with Crippen LogP contribution in [0.5, 0.6) is 0 Å². The maximum absolute atomic E-state index is 13.1. The van der Waals surface area contributed by atoms with Crippen LogP contribution < -0.4 is 0 Å². The maximum atomic E-state index is 13.1. The van der Waals surface area contributed by atoms with Crippen LogP contribution in [0.4, 0.5) is 13.2 Å². The Balaban J connectivity index is 1.54. The lowest BCUT2D eigenvalue weighted by molar-refractivity contribution is -0.137. The van der Waals surface area contributed by atoms with Crippen molar-refractivity contribution in [2.75, 3.05) is 0 Å². The summed E-state index contributed by atoms with van der Waals surface area (Å²) in [5.74, 6) is -0.668. The molecule has 2 unspecified atom stereocenters. The molecule has 2 saturated heterocycles. The minimum absolute atomic E-state index is 0.0158. The van der Waals surface area contributed by atoms with E-state index in [-0.39, 0.29) is 34.9 Å². The average Bonchev–Trinajstić information content (AvgIpc) is 2.94. The number of rotatable bonds is 4. The van der Waals surface area contributed by atoms with Crippen molar-refractivity contribution in [3.05, 3.63) is 70.8 Å². The number of hydrogen-bond donors (Lipinski definition) is 0. The Morgan fingerprint density at radius 1 is 1.07 bits per heavy atom. The zero-order chi connectivity index (χ0) is 20.6. The number of nitriles is 1. The number of alkyl halides is 3. The molecule has 0 aromatic heterocycles. The molecule has 0 aliphatic carbocycles. The second kappa shape index (κ2) is 7.64. The van der Waals surface area contributed by atoms with Crippen LogP contribution in [-0.4, -0.2) is 22.8 Å². The van der Waals surface area contributed by atoms with E-state index in [4.69, 9.17) is 0 Å². The summed E-state index contributed by atoms with van der Waals surface area (Å²) >= 11 is 0. The van der Waals surface area contributed by atoms with Crippen LogP contribution in [0.15, 0.2) is 48.5 Å². The molecule has 2 aliphatic heterocycles. The fourth-order valence-corrected chi connectivity index (χ4v) is 4.78. The van der Waals surface area contributed by atoms with E-state index in [1.54, 1.807) is 0 Å². The van der Waals surface area contributed by atoms with Gasteiger partial charge in [-0.1, -0.05) is 30.3 Å². The van der Waals surface area contributed by atoms with Crippen LogP contribution in [-0.2, 0) is 12.7 Å². The monoisotopic (exact) mass is 398 g/mol. The lowest BCUT2D eigenvalue weighted by atomic mass is 9.83. The summed E-state index contributed by atoms with van der Waals surface area (Å²) in [5.41, 5.74) is 0.258. The third-order valence-corrected chi connectivity index (χ3v) is 6.20. The van der Waals surface area contributed by atoms with Gasteiger partial charge in [0.1, 0.15) is 0 Å². The molecule has 2 aliphatic rings.